The molecule has 0 atom stereocenters. The van der Waals surface area contributed by atoms with Crippen LogP contribution in [0.2, 0.25) is 0 Å². The number of anilines is 1. The fourth-order valence-corrected chi connectivity index (χ4v) is 3.31. The summed E-state index contributed by atoms with van der Waals surface area (Å²) in [5, 5.41) is 13.8. The van der Waals surface area contributed by atoms with Crippen LogP contribution in [0.4, 0.5) is 10.1 Å². The predicted octanol–water partition coefficient (Wildman–Crippen LogP) is 4.20. The van der Waals surface area contributed by atoms with Gasteiger partial charge in [-0.25, -0.2) is 4.39 Å². The van der Waals surface area contributed by atoms with Crippen LogP contribution in [-0.2, 0) is 12.8 Å². The molecule has 0 unspecified atom stereocenters. The maximum atomic E-state index is 14.0. The van der Waals surface area contributed by atoms with Gasteiger partial charge in [0.2, 0.25) is 0 Å². The van der Waals surface area contributed by atoms with Crippen molar-refractivity contribution in [3.63, 3.8) is 0 Å². The molecular formula is C20H13FN2O. The first-order valence-electron chi connectivity index (χ1n) is 7.72. The van der Waals surface area contributed by atoms with E-state index in [4.69, 9.17) is 5.26 Å². The number of hydrogen-bond donors (Lipinski definition) is 1. The minimum Gasteiger partial charge on any atom is -0.321 e. The molecule has 0 bridgehead atoms. The molecule has 0 heterocycles. The largest absolute Gasteiger partial charge is 0.321 e. The Morgan fingerprint density at radius 1 is 1.08 bits per heavy atom. The number of nitrogens with one attached hydrogen (secondary N) is 1. The number of hydrogen-bond acceptors (Lipinski definition) is 2. The topological polar surface area (TPSA) is 52.9 Å². The molecule has 24 heavy (non-hydrogen) atoms. The molecule has 0 saturated carbocycles. The zero-order valence-corrected chi connectivity index (χ0v) is 12.8. The van der Waals surface area contributed by atoms with Crippen LogP contribution in [0.5, 0.6) is 0 Å². The summed E-state index contributed by atoms with van der Waals surface area (Å²) in [6.45, 7) is 0. The summed E-state index contributed by atoms with van der Waals surface area (Å²) < 4.78 is 14.0. The zero-order chi connectivity index (χ0) is 16.7. The highest BCUT2D eigenvalue weighted by Gasteiger charge is 2.18. The molecular weight excluding hydrogens is 303 g/mol. The summed E-state index contributed by atoms with van der Waals surface area (Å²) in [6, 6.07) is 15.6. The van der Waals surface area contributed by atoms with Crippen molar-refractivity contribution < 1.29 is 9.18 Å². The summed E-state index contributed by atoms with van der Waals surface area (Å²) in [5.74, 6) is -1.21. The Balaban J connectivity index is 1.73. The van der Waals surface area contributed by atoms with Crippen molar-refractivity contribution >= 4 is 22.4 Å². The van der Waals surface area contributed by atoms with E-state index in [9.17, 15) is 9.18 Å². The Morgan fingerprint density at radius 3 is 2.62 bits per heavy atom. The van der Waals surface area contributed by atoms with Gasteiger partial charge in [0.05, 0.1) is 17.2 Å². The third-order valence-corrected chi connectivity index (χ3v) is 4.47. The lowest BCUT2D eigenvalue weighted by molar-refractivity contribution is 0.102. The first kappa shape index (κ1) is 14.4. The number of carbonyl (C=O) groups excluding carboxylic acids is 1. The number of aryl methyl sites for hydroxylation is 2. The Bertz CT molecular complexity index is 1020. The molecule has 0 fully saturated rings. The van der Waals surface area contributed by atoms with Crippen molar-refractivity contribution in [1.82, 2.24) is 0 Å². The van der Waals surface area contributed by atoms with Gasteiger partial charge in [-0.1, -0.05) is 24.3 Å². The van der Waals surface area contributed by atoms with Crippen LogP contribution in [0, 0.1) is 17.1 Å². The van der Waals surface area contributed by atoms with E-state index in [0.29, 0.717) is 5.69 Å². The van der Waals surface area contributed by atoms with Crippen LogP contribution >= 0.6 is 0 Å². The molecule has 0 aliphatic heterocycles. The smallest absolute Gasteiger partial charge is 0.258 e. The van der Waals surface area contributed by atoms with Crippen LogP contribution in [0.15, 0.2) is 48.5 Å². The Hall–Kier alpha value is -3.19. The fourth-order valence-electron chi connectivity index (χ4n) is 3.31. The van der Waals surface area contributed by atoms with Crippen molar-refractivity contribution in [3.05, 3.63) is 76.6 Å². The molecule has 1 amide bonds. The standard InChI is InChI=1S/C20H13FN2O/c21-17-10-12(11-22)4-8-15(17)20(24)23-18-9-7-14-6-5-13-2-1-3-16(18)19(13)14/h1-4,7-10H,5-6H2,(H,23,24). The molecule has 1 aliphatic carbocycles. The second-order valence-electron chi connectivity index (χ2n) is 5.87. The minimum absolute atomic E-state index is 0.0720. The van der Waals surface area contributed by atoms with Crippen molar-refractivity contribution in [2.45, 2.75) is 12.8 Å². The van der Waals surface area contributed by atoms with Crippen molar-refractivity contribution in [1.29, 1.82) is 5.26 Å². The number of nitriles is 1. The molecule has 0 aromatic heterocycles. The molecule has 116 valence electrons. The third-order valence-electron chi connectivity index (χ3n) is 4.47. The van der Waals surface area contributed by atoms with E-state index in [1.54, 1.807) is 0 Å². The lowest BCUT2D eigenvalue weighted by Crippen LogP contribution is -2.14. The van der Waals surface area contributed by atoms with E-state index in [-0.39, 0.29) is 11.1 Å². The van der Waals surface area contributed by atoms with Crippen LogP contribution in [0.3, 0.4) is 0 Å². The highest BCUT2D eigenvalue weighted by Crippen LogP contribution is 2.35. The summed E-state index contributed by atoms with van der Waals surface area (Å²) in [7, 11) is 0. The highest BCUT2D eigenvalue weighted by atomic mass is 19.1. The van der Waals surface area contributed by atoms with Crippen LogP contribution < -0.4 is 5.32 Å². The maximum absolute atomic E-state index is 14.0. The second kappa shape index (κ2) is 5.47. The Labute approximate surface area is 138 Å². The molecule has 3 nitrogen and oxygen atoms in total. The summed E-state index contributed by atoms with van der Waals surface area (Å²) >= 11 is 0. The molecule has 4 heteroatoms. The van der Waals surface area contributed by atoms with E-state index in [0.717, 1.165) is 24.3 Å². The van der Waals surface area contributed by atoms with Gasteiger partial charge in [0.15, 0.2) is 0 Å². The monoisotopic (exact) mass is 316 g/mol. The van der Waals surface area contributed by atoms with Gasteiger partial charge < -0.3 is 5.32 Å². The lowest BCUT2D eigenvalue weighted by Gasteiger charge is -2.11. The van der Waals surface area contributed by atoms with Gasteiger partial charge in [0, 0.05) is 11.1 Å². The molecule has 1 N–H and O–H groups in total. The van der Waals surface area contributed by atoms with Gasteiger partial charge in [-0.2, -0.15) is 5.26 Å². The predicted molar refractivity (Wildman–Crippen MR) is 90.4 cm³/mol. The molecule has 3 aromatic carbocycles. The first-order chi connectivity index (χ1) is 11.7. The lowest BCUT2D eigenvalue weighted by atomic mass is 10.0. The van der Waals surface area contributed by atoms with Gasteiger partial charge in [0.1, 0.15) is 5.82 Å². The average molecular weight is 316 g/mol. The number of halogens is 1. The summed E-state index contributed by atoms with van der Waals surface area (Å²) in [6.07, 6.45) is 2.02. The number of rotatable bonds is 2. The third kappa shape index (κ3) is 2.22. The highest BCUT2D eigenvalue weighted by molar-refractivity contribution is 6.10. The van der Waals surface area contributed by atoms with Crippen molar-refractivity contribution in [2.24, 2.45) is 0 Å². The van der Waals surface area contributed by atoms with E-state index in [1.807, 2.05) is 30.3 Å². The number of amides is 1. The Morgan fingerprint density at radius 2 is 1.88 bits per heavy atom. The van der Waals surface area contributed by atoms with Crippen LogP contribution in [-0.4, -0.2) is 5.91 Å². The van der Waals surface area contributed by atoms with Gasteiger partial charge in [-0.15, -0.1) is 0 Å². The van der Waals surface area contributed by atoms with Crippen molar-refractivity contribution in [2.75, 3.05) is 5.32 Å². The maximum Gasteiger partial charge on any atom is 0.258 e. The Kier molecular flexibility index (Phi) is 3.28. The fraction of sp³-hybridized carbons (Fsp3) is 0.100. The number of nitrogens with zero attached hydrogens (tertiary/aromatic N) is 1. The summed E-state index contributed by atoms with van der Waals surface area (Å²) in [4.78, 5) is 12.4. The molecule has 0 saturated heterocycles. The minimum atomic E-state index is -0.697. The quantitative estimate of drug-likeness (QED) is 0.770. The van der Waals surface area contributed by atoms with E-state index < -0.39 is 11.7 Å². The number of carbonyl (C=O) groups is 1. The van der Waals surface area contributed by atoms with Crippen LogP contribution in [0.25, 0.3) is 10.8 Å². The molecule has 1 aliphatic rings. The SMILES string of the molecule is N#Cc1ccc(C(=O)Nc2ccc3c4c(cccc24)CC3)c(F)c1. The van der Waals surface area contributed by atoms with Crippen LogP contribution in [0.1, 0.15) is 27.0 Å². The molecule has 0 spiro atoms. The van der Waals surface area contributed by atoms with Gasteiger partial charge in [-0.3, -0.25) is 4.79 Å². The average Bonchev–Trinajstić information content (AvgIpc) is 3.02. The van der Waals surface area contributed by atoms with E-state index in [1.165, 1.54) is 28.6 Å². The van der Waals surface area contributed by atoms with Gasteiger partial charge in [-0.05, 0) is 53.6 Å². The summed E-state index contributed by atoms with van der Waals surface area (Å²) in [5.41, 5.74) is 3.35. The van der Waals surface area contributed by atoms with Gasteiger partial charge >= 0.3 is 0 Å². The van der Waals surface area contributed by atoms with E-state index in [2.05, 4.69) is 11.4 Å². The van der Waals surface area contributed by atoms with Gasteiger partial charge in [0.25, 0.3) is 5.91 Å². The number of benzene rings is 3. The first-order valence-corrected chi connectivity index (χ1v) is 7.72. The van der Waals surface area contributed by atoms with E-state index >= 15 is 0 Å². The normalized spacial score (nSPS) is 12.2. The molecule has 0 radical (unpaired) electrons. The molecule has 4 rings (SSSR count). The second-order valence-corrected chi connectivity index (χ2v) is 5.87. The zero-order valence-electron chi connectivity index (χ0n) is 12.8. The molecule has 3 aromatic rings. The van der Waals surface area contributed by atoms with Crippen molar-refractivity contribution in [3.8, 4) is 6.07 Å².